The number of thiazole rings is 1. The first-order valence-electron chi connectivity index (χ1n) is 10.7. The van der Waals surface area contributed by atoms with Crippen molar-refractivity contribution in [2.24, 2.45) is 0 Å². The van der Waals surface area contributed by atoms with Crippen molar-refractivity contribution in [2.75, 3.05) is 6.54 Å². The van der Waals surface area contributed by atoms with Crippen LogP contribution in [0.1, 0.15) is 59.3 Å². The topological polar surface area (TPSA) is 92.6 Å². The minimum atomic E-state index is -0.506. The maximum Gasteiger partial charge on any atom is 0.271 e. The number of hydrogen-bond acceptors (Lipinski definition) is 5. The molecule has 1 aromatic carbocycles. The molecule has 4 rings (SSSR count). The Balaban J connectivity index is 1.36. The van der Waals surface area contributed by atoms with E-state index in [0.717, 1.165) is 36.1 Å². The van der Waals surface area contributed by atoms with Gasteiger partial charge < -0.3 is 10.6 Å². The van der Waals surface area contributed by atoms with Gasteiger partial charge in [0.05, 0.1) is 0 Å². The largest absolute Gasteiger partial charge is 0.353 e. The number of aromatic nitrogens is 2. The second-order valence-electron chi connectivity index (χ2n) is 7.90. The number of carbonyl (C=O) groups is 2. The Morgan fingerprint density at radius 1 is 1.13 bits per heavy atom. The fourth-order valence-corrected chi connectivity index (χ4v) is 4.87. The Kier molecular flexibility index (Phi) is 6.76. The molecule has 0 atom stereocenters. The van der Waals surface area contributed by atoms with Crippen molar-refractivity contribution < 1.29 is 9.59 Å². The molecule has 7 nitrogen and oxygen atoms in total. The molecule has 2 aromatic heterocycles. The Bertz CT molecular complexity index is 1120. The number of fused-ring (bicyclic) bond motifs is 1. The van der Waals surface area contributed by atoms with Gasteiger partial charge in [-0.3, -0.25) is 18.8 Å². The van der Waals surface area contributed by atoms with Gasteiger partial charge in [-0.15, -0.1) is 11.3 Å². The highest BCUT2D eigenvalue weighted by Gasteiger charge is 2.17. The van der Waals surface area contributed by atoms with Crippen LogP contribution in [-0.4, -0.2) is 33.8 Å². The lowest BCUT2D eigenvalue weighted by Crippen LogP contribution is -2.38. The summed E-state index contributed by atoms with van der Waals surface area (Å²) in [7, 11) is 0. The van der Waals surface area contributed by atoms with E-state index in [2.05, 4.69) is 15.6 Å². The third-order valence-electron chi connectivity index (χ3n) is 5.53. The summed E-state index contributed by atoms with van der Waals surface area (Å²) >= 11 is 1.43. The van der Waals surface area contributed by atoms with Gasteiger partial charge in [0.2, 0.25) is 5.91 Å². The van der Waals surface area contributed by atoms with E-state index in [1.807, 2.05) is 30.3 Å². The maximum atomic E-state index is 12.8. The van der Waals surface area contributed by atoms with Crippen LogP contribution >= 0.6 is 11.3 Å². The molecule has 0 spiro atoms. The van der Waals surface area contributed by atoms with Crippen molar-refractivity contribution in [1.82, 2.24) is 20.0 Å². The molecule has 1 fully saturated rings. The van der Waals surface area contributed by atoms with E-state index in [-0.39, 0.29) is 30.5 Å². The van der Waals surface area contributed by atoms with Gasteiger partial charge in [0.15, 0.2) is 4.96 Å². The summed E-state index contributed by atoms with van der Waals surface area (Å²) in [5.41, 5.74) is 0.727. The lowest BCUT2D eigenvalue weighted by molar-refractivity contribution is -0.121. The summed E-state index contributed by atoms with van der Waals surface area (Å²) in [4.78, 5) is 43.2. The first-order valence-corrected chi connectivity index (χ1v) is 11.5. The third kappa shape index (κ3) is 5.38. The summed E-state index contributed by atoms with van der Waals surface area (Å²) in [5.74, 6) is -0.575. The molecule has 3 aromatic rings. The lowest BCUT2D eigenvalue weighted by Gasteiger charge is -2.22. The predicted octanol–water partition coefficient (Wildman–Crippen LogP) is 2.92. The predicted molar refractivity (Wildman–Crippen MR) is 121 cm³/mol. The van der Waals surface area contributed by atoms with E-state index in [0.29, 0.717) is 11.4 Å². The zero-order valence-electron chi connectivity index (χ0n) is 17.3. The number of amides is 2. The van der Waals surface area contributed by atoms with Crippen LogP contribution in [0.25, 0.3) is 4.96 Å². The quantitative estimate of drug-likeness (QED) is 0.593. The van der Waals surface area contributed by atoms with Crippen molar-refractivity contribution in [1.29, 1.82) is 0 Å². The van der Waals surface area contributed by atoms with E-state index >= 15 is 0 Å². The summed E-state index contributed by atoms with van der Waals surface area (Å²) in [6, 6.07) is 10.2. The number of benzene rings is 1. The van der Waals surface area contributed by atoms with Gasteiger partial charge >= 0.3 is 0 Å². The van der Waals surface area contributed by atoms with Gasteiger partial charge in [-0.1, -0.05) is 49.6 Å². The first kappa shape index (κ1) is 21.2. The molecular formula is C23H26N4O3S. The molecule has 2 amide bonds. The molecule has 162 valence electrons. The summed E-state index contributed by atoms with van der Waals surface area (Å²) in [6.45, 7) is 0.183. The lowest BCUT2D eigenvalue weighted by atomic mass is 9.95. The minimum Gasteiger partial charge on any atom is -0.353 e. The van der Waals surface area contributed by atoms with E-state index < -0.39 is 11.5 Å². The molecule has 0 radical (unpaired) electrons. The highest BCUT2D eigenvalue weighted by molar-refractivity contribution is 7.17. The standard InChI is InChI=1S/C23H26N4O3S/c28-20(26-17-9-5-2-6-10-17)11-12-24-21(29)19-14-25-23-27(22(19)30)15-18(31-23)13-16-7-3-1-4-8-16/h1,3-4,7-8,14-15,17H,2,5-6,9-13H2,(H,24,29)(H,26,28). The van der Waals surface area contributed by atoms with Gasteiger partial charge in [-0.05, 0) is 18.4 Å². The second-order valence-corrected chi connectivity index (χ2v) is 8.99. The summed E-state index contributed by atoms with van der Waals surface area (Å²) < 4.78 is 1.42. The summed E-state index contributed by atoms with van der Waals surface area (Å²) in [6.07, 6.45) is 9.53. The molecule has 0 bridgehead atoms. The van der Waals surface area contributed by atoms with Crippen molar-refractivity contribution in [3.63, 3.8) is 0 Å². The zero-order chi connectivity index (χ0) is 21.6. The maximum absolute atomic E-state index is 12.8. The van der Waals surface area contributed by atoms with Crippen molar-refractivity contribution in [3.8, 4) is 0 Å². The molecule has 0 saturated heterocycles. The van der Waals surface area contributed by atoms with Crippen LogP contribution in [0.15, 0.2) is 47.5 Å². The van der Waals surface area contributed by atoms with E-state index in [9.17, 15) is 14.4 Å². The third-order valence-corrected chi connectivity index (χ3v) is 6.53. The zero-order valence-corrected chi connectivity index (χ0v) is 18.1. The average Bonchev–Trinajstić information content (AvgIpc) is 3.19. The molecule has 1 aliphatic rings. The number of nitrogens with zero attached hydrogens (tertiary/aromatic N) is 2. The Morgan fingerprint density at radius 3 is 2.68 bits per heavy atom. The van der Waals surface area contributed by atoms with Gasteiger partial charge in [-0.2, -0.15) is 0 Å². The van der Waals surface area contributed by atoms with E-state index in [1.165, 1.54) is 28.4 Å². The van der Waals surface area contributed by atoms with Crippen LogP contribution in [0.2, 0.25) is 0 Å². The van der Waals surface area contributed by atoms with Crippen molar-refractivity contribution in [2.45, 2.75) is 51.0 Å². The molecule has 1 aliphatic carbocycles. The molecule has 0 aliphatic heterocycles. The molecule has 2 heterocycles. The fourth-order valence-electron chi connectivity index (χ4n) is 3.90. The van der Waals surface area contributed by atoms with E-state index in [1.54, 1.807) is 6.20 Å². The van der Waals surface area contributed by atoms with Gasteiger partial charge in [0.1, 0.15) is 5.56 Å². The van der Waals surface area contributed by atoms with Crippen LogP contribution in [0.4, 0.5) is 0 Å². The molecular weight excluding hydrogens is 412 g/mol. The number of nitrogens with one attached hydrogen (secondary N) is 2. The number of hydrogen-bond donors (Lipinski definition) is 2. The van der Waals surface area contributed by atoms with Crippen LogP contribution in [0, 0.1) is 0 Å². The fraction of sp³-hybridized carbons (Fsp3) is 0.391. The van der Waals surface area contributed by atoms with E-state index in [4.69, 9.17) is 0 Å². The Hall–Kier alpha value is -3.00. The second kappa shape index (κ2) is 9.87. The number of rotatable bonds is 7. The first-order chi connectivity index (χ1) is 15.1. The molecule has 8 heteroatoms. The average molecular weight is 439 g/mol. The molecule has 1 saturated carbocycles. The van der Waals surface area contributed by atoms with Crippen molar-refractivity contribution in [3.05, 3.63) is 69.1 Å². The van der Waals surface area contributed by atoms with Crippen LogP contribution < -0.4 is 16.2 Å². The normalized spacial score (nSPS) is 14.5. The minimum absolute atomic E-state index is 0.0192. The van der Waals surface area contributed by atoms with Crippen molar-refractivity contribution >= 4 is 28.1 Å². The Morgan fingerprint density at radius 2 is 1.90 bits per heavy atom. The van der Waals surface area contributed by atoms with Gasteiger partial charge in [-0.25, -0.2) is 4.98 Å². The summed E-state index contributed by atoms with van der Waals surface area (Å²) in [5, 5.41) is 5.69. The van der Waals surface area contributed by atoms with Crippen LogP contribution in [-0.2, 0) is 11.2 Å². The van der Waals surface area contributed by atoms with Crippen LogP contribution in [0.5, 0.6) is 0 Å². The molecule has 2 N–H and O–H groups in total. The Labute approximate surface area is 184 Å². The highest BCUT2D eigenvalue weighted by atomic mass is 32.1. The number of carbonyl (C=O) groups excluding carboxylic acids is 2. The smallest absolute Gasteiger partial charge is 0.271 e. The molecule has 0 unspecified atom stereocenters. The highest BCUT2D eigenvalue weighted by Crippen LogP contribution is 2.19. The monoisotopic (exact) mass is 438 g/mol. The molecule has 31 heavy (non-hydrogen) atoms. The SMILES string of the molecule is O=C(CCNC(=O)c1cnc2sc(Cc3ccccc3)cn2c1=O)NC1CCCCC1. The van der Waals surface area contributed by atoms with Gasteiger partial charge in [0, 0.05) is 42.7 Å². The van der Waals surface area contributed by atoms with Gasteiger partial charge in [0.25, 0.3) is 11.5 Å². The van der Waals surface area contributed by atoms with Crippen LogP contribution in [0.3, 0.4) is 0 Å².